The quantitative estimate of drug-likeness (QED) is 0.247. The summed E-state index contributed by atoms with van der Waals surface area (Å²) in [6.07, 6.45) is 2.88. The van der Waals surface area contributed by atoms with E-state index in [0.717, 1.165) is 54.7 Å². The Morgan fingerprint density at radius 2 is 1.83 bits per heavy atom. The number of esters is 1. The van der Waals surface area contributed by atoms with Crippen LogP contribution in [0, 0.1) is 31.1 Å². The van der Waals surface area contributed by atoms with E-state index in [9.17, 15) is 14.9 Å². The first-order valence-electron chi connectivity index (χ1n) is 16.3. The van der Waals surface area contributed by atoms with Crippen molar-refractivity contribution in [3.63, 3.8) is 0 Å². The summed E-state index contributed by atoms with van der Waals surface area (Å²) in [4.78, 5) is 31.4. The van der Waals surface area contributed by atoms with Gasteiger partial charge in [0.05, 0.1) is 33.8 Å². The number of carbonyl (C=O) groups excluding carboxylic acids is 2. The Balaban J connectivity index is 1.25. The van der Waals surface area contributed by atoms with E-state index in [4.69, 9.17) is 32.7 Å². The highest BCUT2D eigenvalue weighted by Crippen LogP contribution is 2.35. The summed E-state index contributed by atoms with van der Waals surface area (Å²) in [6, 6.07) is 22.1. The fraction of sp³-hybridized carbons (Fsp3) is 0.342. The van der Waals surface area contributed by atoms with Crippen molar-refractivity contribution in [2.45, 2.75) is 51.9 Å². The van der Waals surface area contributed by atoms with Gasteiger partial charge in [-0.1, -0.05) is 59.6 Å². The first-order chi connectivity index (χ1) is 23.2. The molecule has 3 aromatic carbocycles. The SMILES string of the molecule is Cc1ccc([C@H](CC2=C(Cl)C[NH2+]C=C2Cl)OC(=O)c2cccc(CN(C(=O)O[C@H]3CN4CCC3CC4)c3cccc(C#N)c3)c2)cc1C. The molecular formula is C38H39Cl2N4O4+. The molecule has 2 N–H and O–H groups in total. The molecule has 1 amide bonds. The van der Waals surface area contributed by atoms with Crippen LogP contribution in [0.25, 0.3) is 0 Å². The molecule has 3 fully saturated rings. The zero-order chi connectivity index (χ0) is 33.8. The molecule has 48 heavy (non-hydrogen) atoms. The van der Waals surface area contributed by atoms with Crippen LogP contribution in [-0.2, 0) is 16.0 Å². The number of aryl methyl sites for hydroxylation is 2. The second-order valence-corrected chi connectivity index (χ2v) is 13.7. The Morgan fingerprint density at radius 1 is 1.04 bits per heavy atom. The number of anilines is 1. The van der Waals surface area contributed by atoms with Crippen molar-refractivity contribution in [2.24, 2.45) is 5.92 Å². The number of hydrogen-bond donors (Lipinski definition) is 1. The Bertz CT molecular complexity index is 1810. The molecule has 2 atom stereocenters. The number of halogens is 2. The van der Waals surface area contributed by atoms with Gasteiger partial charge in [-0.3, -0.25) is 9.80 Å². The van der Waals surface area contributed by atoms with Crippen LogP contribution >= 0.6 is 23.2 Å². The van der Waals surface area contributed by atoms with E-state index in [1.807, 2.05) is 49.6 Å². The molecule has 3 aromatic rings. The lowest BCUT2D eigenvalue weighted by Crippen LogP contribution is -2.79. The summed E-state index contributed by atoms with van der Waals surface area (Å²) in [6.45, 7) is 7.56. The lowest BCUT2D eigenvalue weighted by Gasteiger charge is -2.44. The van der Waals surface area contributed by atoms with Gasteiger partial charge in [0.25, 0.3) is 0 Å². The Hall–Kier alpha value is -4.13. The predicted octanol–water partition coefficient (Wildman–Crippen LogP) is 6.85. The maximum atomic E-state index is 13.8. The van der Waals surface area contributed by atoms with Crippen molar-refractivity contribution in [3.05, 3.63) is 122 Å². The number of nitriles is 1. The van der Waals surface area contributed by atoms with Crippen LogP contribution in [0.3, 0.4) is 0 Å². The molecule has 4 aliphatic heterocycles. The lowest BCUT2D eigenvalue weighted by molar-refractivity contribution is -0.580. The van der Waals surface area contributed by atoms with Gasteiger partial charge < -0.3 is 14.8 Å². The number of rotatable bonds is 9. The molecule has 248 valence electrons. The number of carbonyl (C=O) groups is 2. The normalized spacial score (nSPS) is 20.8. The van der Waals surface area contributed by atoms with Crippen LogP contribution in [0.1, 0.15) is 63.5 Å². The Labute approximate surface area is 291 Å². The second kappa shape index (κ2) is 15.0. The minimum Gasteiger partial charge on any atom is -0.454 e. The topological polar surface area (TPSA) is 99.5 Å². The highest BCUT2D eigenvalue weighted by Gasteiger charge is 2.37. The summed E-state index contributed by atoms with van der Waals surface area (Å²) >= 11 is 13.1. The third kappa shape index (κ3) is 7.77. The number of piperidine rings is 3. The number of hydrogen-bond acceptors (Lipinski definition) is 6. The summed E-state index contributed by atoms with van der Waals surface area (Å²) < 4.78 is 12.3. The average molecular weight is 687 g/mol. The number of ether oxygens (including phenoxy) is 2. The van der Waals surface area contributed by atoms with Crippen molar-refractivity contribution < 1.29 is 24.4 Å². The van der Waals surface area contributed by atoms with Crippen molar-refractivity contribution in [2.75, 3.05) is 31.1 Å². The molecule has 10 heteroatoms. The van der Waals surface area contributed by atoms with Gasteiger partial charge in [0.1, 0.15) is 25.0 Å². The predicted molar refractivity (Wildman–Crippen MR) is 186 cm³/mol. The molecule has 0 radical (unpaired) electrons. The van der Waals surface area contributed by atoms with Crippen LogP contribution in [0.15, 0.2) is 88.6 Å². The lowest BCUT2D eigenvalue weighted by atomic mass is 9.86. The number of quaternary nitrogens is 1. The van der Waals surface area contributed by atoms with E-state index in [-0.39, 0.29) is 12.6 Å². The zero-order valence-corrected chi connectivity index (χ0v) is 28.6. The van der Waals surface area contributed by atoms with Crippen LogP contribution in [0.4, 0.5) is 10.5 Å². The van der Waals surface area contributed by atoms with Crippen molar-refractivity contribution in [1.82, 2.24) is 4.90 Å². The third-order valence-corrected chi connectivity index (χ3v) is 10.3. The van der Waals surface area contributed by atoms with E-state index < -0.39 is 18.2 Å². The number of allylic oxidation sites excluding steroid dienone is 1. The highest BCUT2D eigenvalue weighted by molar-refractivity contribution is 6.35. The monoisotopic (exact) mass is 685 g/mol. The summed E-state index contributed by atoms with van der Waals surface area (Å²) in [5.41, 5.74) is 5.85. The maximum Gasteiger partial charge on any atom is 0.414 e. The van der Waals surface area contributed by atoms with Gasteiger partial charge in [0.15, 0.2) is 0 Å². The van der Waals surface area contributed by atoms with Gasteiger partial charge in [-0.25, -0.2) is 9.59 Å². The van der Waals surface area contributed by atoms with E-state index in [0.29, 0.717) is 51.3 Å². The van der Waals surface area contributed by atoms with Gasteiger partial charge in [-0.15, -0.1) is 0 Å². The molecular weight excluding hydrogens is 647 g/mol. The van der Waals surface area contributed by atoms with E-state index in [2.05, 4.69) is 11.0 Å². The maximum absolute atomic E-state index is 13.8. The fourth-order valence-corrected chi connectivity index (χ4v) is 7.22. The average Bonchev–Trinajstić information content (AvgIpc) is 3.10. The molecule has 4 heterocycles. The van der Waals surface area contributed by atoms with Crippen molar-refractivity contribution >= 4 is 41.0 Å². The fourth-order valence-electron chi connectivity index (χ4n) is 6.62. The highest BCUT2D eigenvalue weighted by atomic mass is 35.5. The van der Waals surface area contributed by atoms with Crippen molar-refractivity contribution in [1.29, 1.82) is 5.26 Å². The molecule has 0 saturated carbocycles. The molecule has 3 saturated heterocycles. The number of benzene rings is 3. The Kier molecular flexibility index (Phi) is 10.5. The molecule has 4 aliphatic rings. The number of amides is 1. The van der Waals surface area contributed by atoms with E-state index in [1.165, 1.54) is 4.90 Å². The van der Waals surface area contributed by atoms with Crippen LogP contribution in [0.5, 0.6) is 0 Å². The van der Waals surface area contributed by atoms with E-state index in [1.54, 1.807) is 42.5 Å². The number of fused-ring (bicyclic) bond motifs is 3. The van der Waals surface area contributed by atoms with Crippen LogP contribution < -0.4 is 10.2 Å². The summed E-state index contributed by atoms with van der Waals surface area (Å²) in [5, 5.41) is 12.6. The Morgan fingerprint density at radius 3 is 2.54 bits per heavy atom. The molecule has 2 bridgehead atoms. The van der Waals surface area contributed by atoms with Gasteiger partial charge in [-0.2, -0.15) is 5.26 Å². The second-order valence-electron chi connectivity index (χ2n) is 12.8. The molecule has 0 aliphatic carbocycles. The van der Waals surface area contributed by atoms with Crippen molar-refractivity contribution in [3.8, 4) is 6.07 Å². The smallest absolute Gasteiger partial charge is 0.414 e. The molecule has 0 spiro atoms. The van der Waals surface area contributed by atoms with Gasteiger partial charge in [-0.05, 0) is 98.3 Å². The standard InChI is InChI=1S/C38H38Cl2N4O4/c1-24-9-10-29(15-25(24)2)35(18-32-33(39)20-42-21-34(32)40)47-37(45)30-7-3-6-27(16-30)22-44(31-8-4-5-26(17-31)19-41)38(46)48-36-23-43-13-11-28(36)12-14-43/h3-10,15-17,20,28,35-36,42H,11-14,18,21-23H2,1-2H3/p+1/t35-,36-/m0/s1. The third-order valence-electron chi connectivity index (χ3n) is 9.58. The first kappa shape index (κ1) is 33.8. The molecule has 0 aromatic heterocycles. The summed E-state index contributed by atoms with van der Waals surface area (Å²) in [7, 11) is 0. The minimum atomic E-state index is -0.633. The number of nitrogens with two attached hydrogens (primary N) is 1. The van der Waals surface area contributed by atoms with E-state index >= 15 is 0 Å². The van der Waals surface area contributed by atoms with Crippen LogP contribution in [0.2, 0.25) is 0 Å². The molecule has 8 nitrogen and oxygen atoms in total. The zero-order valence-electron chi connectivity index (χ0n) is 27.1. The van der Waals surface area contributed by atoms with Gasteiger partial charge in [0, 0.05) is 24.2 Å². The van der Waals surface area contributed by atoms with Gasteiger partial charge >= 0.3 is 12.1 Å². The number of nitrogens with zero attached hydrogens (tertiary/aromatic N) is 3. The largest absolute Gasteiger partial charge is 0.454 e. The van der Waals surface area contributed by atoms with Gasteiger partial charge in [0.2, 0.25) is 0 Å². The molecule has 7 rings (SSSR count). The minimum absolute atomic E-state index is 0.135. The first-order valence-corrected chi connectivity index (χ1v) is 17.1. The molecule has 0 unspecified atom stereocenters. The van der Waals surface area contributed by atoms with Crippen LogP contribution in [-0.4, -0.2) is 49.2 Å². The summed E-state index contributed by atoms with van der Waals surface area (Å²) in [5.74, 6) is -0.162.